The number of nitrogens with zero attached hydrogens (tertiary/aromatic N) is 2. The van der Waals surface area contributed by atoms with E-state index in [1.165, 1.54) is 0 Å². The third-order valence-corrected chi connectivity index (χ3v) is 6.56. The number of hydrogen-bond donors (Lipinski definition) is 2. The summed E-state index contributed by atoms with van der Waals surface area (Å²) in [4.78, 5) is 14.8. The molecule has 2 saturated heterocycles. The topological polar surface area (TPSA) is 68.2 Å². The molecule has 0 radical (unpaired) electrons. The maximum Gasteiger partial charge on any atom is 0.253 e. The van der Waals surface area contributed by atoms with Gasteiger partial charge in [0.05, 0.1) is 23.1 Å². The van der Waals surface area contributed by atoms with E-state index in [0.29, 0.717) is 36.3 Å². The lowest BCUT2D eigenvalue weighted by Crippen LogP contribution is -2.43. The highest BCUT2D eigenvalue weighted by atomic mass is 35.5. The van der Waals surface area contributed by atoms with Crippen LogP contribution in [0.3, 0.4) is 0 Å². The monoisotopic (exact) mass is 426 g/mol. The van der Waals surface area contributed by atoms with Crippen LogP contribution in [0.25, 0.3) is 0 Å². The van der Waals surface area contributed by atoms with Gasteiger partial charge in [-0.05, 0) is 47.9 Å². The molecule has 7 heteroatoms. The van der Waals surface area contributed by atoms with Crippen LogP contribution < -0.4 is 10.9 Å². The van der Waals surface area contributed by atoms with Gasteiger partial charge in [-0.2, -0.15) is 5.26 Å². The fourth-order valence-corrected chi connectivity index (χ4v) is 4.51. The molecule has 0 aromatic heterocycles. The molecule has 0 aliphatic carbocycles. The molecule has 1 amide bonds. The van der Waals surface area contributed by atoms with Crippen molar-refractivity contribution in [3.05, 3.63) is 70.3 Å². The summed E-state index contributed by atoms with van der Waals surface area (Å²) in [6.45, 7) is 3.35. The Morgan fingerprint density at radius 3 is 2.53 bits per heavy atom. The normalized spacial score (nSPS) is 23.2. The average molecular weight is 427 g/mol. The third-order valence-electron chi connectivity index (χ3n) is 6.15. The van der Waals surface area contributed by atoms with Gasteiger partial charge in [0, 0.05) is 38.0 Å². The molecule has 156 valence electrons. The van der Waals surface area contributed by atoms with Crippen molar-refractivity contribution in [1.82, 2.24) is 15.8 Å². The standard InChI is InChI=1S/C23H24ClFN4O/c1-15-2-5-17(12-19(15)21-20(24)14-27-28-21)22(30)29-10-8-23(25,9-11-29)18-6-3-16(13-26)4-7-18/h2-7,12,20-21,27-28H,8-11,14H2,1H3. The van der Waals surface area contributed by atoms with Gasteiger partial charge in [-0.15, -0.1) is 11.6 Å². The average Bonchev–Trinajstić information content (AvgIpc) is 3.20. The van der Waals surface area contributed by atoms with Crippen molar-refractivity contribution >= 4 is 17.5 Å². The van der Waals surface area contributed by atoms with E-state index < -0.39 is 5.67 Å². The van der Waals surface area contributed by atoms with Gasteiger partial charge < -0.3 is 4.90 Å². The second-order valence-corrected chi connectivity index (χ2v) is 8.60. The number of carbonyl (C=O) groups excluding carboxylic acids is 1. The molecule has 2 unspecified atom stereocenters. The fourth-order valence-electron chi connectivity index (χ4n) is 4.23. The highest BCUT2D eigenvalue weighted by Gasteiger charge is 2.38. The van der Waals surface area contributed by atoms with Crippen molar-refractivity contribution in [1.29, 1.82) is 5.26 Å². The minimum atomic E-state index is -1.48. The van der Waals surface area contributed by atoms with E-state index in [2.05, 4.69) is 10.9 Å². The SMILES string of the molecule is Cc1ccc(C(=O)N2CCC(F)(c3ccc(C#N)cc3)CC2)cc1C1NNCC1Cl. The maximum absolute atomic E-state index is 15.5. The second-order valence-electron chi connectivity index (χ2n) is 8.04. The van der Waals surface area contributed by atoms with Crippen LogP contribution in [0.4, 0.5) is 4.39 Å². The van der Waals surface area contributed by atoms with E-state index in [-0.39, 0.29) is 30.2 Å². The Morgan fingerprint density at radius 1 is 1.23 bits per heavy atom. The van der Waals surface area contributed by atoms with Crippen molar-refractivity contribution in [2.75, 3.05) is 19.6 Å². The van der Waals surface area contributed by atoms with Gasteiger partial charge in [-0.1, -0.05) is 18.2 Å². The molecular weight excluding hydrogens is 403 g/mol. The van der Waals surface area contributed by atoms with Crippen molar-refractivity contribution in [3.63, 3.8) is 0 Å². The number of hydrazine groups is 1. The van der Waals surface area contributed by atoms with E-state index in [9.17, 15) is 4.79 Å². The summed E-state index contributed by atoms with van der Waals surface area (Å²) in [6.07, 6.45) is 0.475. The smallest absolute Gasteiger partial charge is 0.253 e. The molecule has 2 aliphatic rings. The molecule has 0 saturated carbocycles. The summed E-state index contributed by atoms with van der Waals surface area (Å²) >= 11 is 6.39. The Hall–Kier alpha value is -2.46. The lowest BCUT2D eigenvalue weighted by atomic mass is 9.85. The quantitative estimate of drug-likeness (QED) is 0.734. The van der Waals surface area contributed by atoms with E-state index in [1.807, 2.05) is 31.2 Å². The number of amides is 1. The predicted molar refractivity (Wildman–Crippen MR) is 114 cm³/mol. The van der Waals surface area contributed by atoms with Crippen molar-refractivity contribution < 1.29 is 9.18 Å². The highest BCUT2D eigenvalue weighted by Crippen LogP contribution is 2.37. The summed E-state index contributed by atoms with van der Waals surface area (Å²) in [7, 11) is 0. The fraction of sp³-hybridized carbons (Fsp3) is 0.391. The minimum Gasteiger partial charge on any atom is -0.338 e. The summed E-state index contributed by atoms with van der Waals surface area (Å²) in [6, 6.07) is 14.3. The largest absolute Gasteiger partial charge is 0.338 e. The summed E-state index contributed by atoms with van der Waals surface area (Å²) < 4.78 is 15.5. The molecule has 2 aromatic rings. The molecular formula is C23H24ClFN4O. The second kappa shape index (κ2) is 8.35. The van der Waals surface area contributed by atoms with Crippen molar-refractivity contribution in [2.45, 2.75) is 36.9 Å². The van der Waals surface area contributed by atoms with Gasteiger partial charge in [0.15, 0.2) is 0 Å². The van der Waals surface area contributed by atoms with Crippen molar-refractivity contribution in [2.24, 2.45) is 0 Å². The molecule has 4 rings (SSSR count). The first-order valence-corrected chi connectivity index (χ1v) is 10.6. The Morgan fingerprint density at radius 2 is 1.93 bits per heavy atom. The summed E-state index contributed by atoms with van der Waals surface area (Å²) in [5.41, 5.74) is 8.49. The summed E-state index contributed by atoms with van der Waals surface area (Å²) in [5.74, 6) is -0.0878. The maximum atomic E-state index is 15.5. The van der Waals surface area contributed by atoms with Gasteiger partial charge in [0.2, 0.25) is 0 Å². The van der Waals surface area contributed by atoms with Crippen molar-refractivity contribution in [3.8, 4) is 6.07 Å². The van der Waals surface area contributed by atoms with Gasteiger partial charge in [-0.25, -0.2) is 9.82 Å². The van der Waals surface area contributed by atoms with E-state index >= 15 is 4.39 Å². The molecule has 5 nitrogen and oxygen atoms in total. The van der Waals surface area contributed by atoms with Crippen LogP contribution in [0, 0.1) is 18.3 Å². The van der Waals surface area contributed by atoms with Crippen LogP contribution in [0.15, 0.2) is 42.5 Å². The van der Waals surface area contributed by atoms with Gasteiger partial charge in [-0.3, -0.25) is 10.2 Å². The summed E-state index contributed by atoms with van der Waals surface area (Å²) in [5, 5.41) is 8.83. The van der Waals surface area contributed by atoms with Gasteiger partial charge in [0.1, 0.15) is 5.67 Å². The van der Waals surface area contributed by atoms with Crippen LogP contribution in [-0.2, 0) is 5.67 Å². The van der Waals surface area contributed by atoms with Crippen LogP contribution in [0.5, 0.6) is 0 Å². The van der Waals surface area contributed by atoms with Gasteiger partial charge >= 0.3 is 0 Å². The Labute approximate surface area is 180 Å². The molecule has 2 fully saturated rings. The number of nitriles is 1. The predicted octanol–water partition coefficient (Wildman–Crippen LogP) is 3.72. The first-order valence-electron chi connectivity index (χ1n) is 10.1. The number of hydrogen-bond acceptors (Lipinski definition) is 4. The van der Waals surface area contributed by atoms with Crippen LogP contribution in [0.1, 0.15) is 51.5 Å². The number of benzene rings is 2. The molecule has 0 bridgehead atoms. The number of aryl methyl sites for hydroxylation is 1. The minimum absolute atomic E-state index is 0.0596. The number of halogens is 2. The van der Waals surface area contributed by atoms with Crippen LogP contribution in [0.2, 0.25) is 0 Å². The lowest BCUT2D eigenvalue weighted by molar-refractivity contribution is 0.0421. The third kappa shape index (κ3) is 3.93. The number of piperidine rings is 1. The number of nitrogens with one attached hydrogen (secondary N) is 2. The highest BCUT2D eigenvalue weighted by molar-refractivity contribution is 6.21. The molecule has 2 N–H and O–H groups in total. The molecule has 0 spiro atoms. The van der Waals surface area contributed by atoms with E-state index in [4.69, 9.17) is 16.9 Å². The number of likely N-dealkylation sites (tertiary alicyclic amines) is 1. The number of rotatable bonds is 3. The van der Waals surface area contributed by atoms with Gasteiger partial charge in [0.25, 0.3) is 5.91 Å². The Bertz CT molecular complexity index is 980. The lowest BCUT2D eigenvalue weighted by Gasteiger charge is -2.37. The number of carbonyl (C=O) groups is 1. The molecule has 2 atom stereocenters. The molecule has 2 aromatic carbocycles. The molecule has 30 heavy (non-hydrogen) atoms. The zero-order chi connectivity index (χ0) is 21.3. The van der Waals surface area contributed by atoms with E-state index in [0.717, 1.165) is 11.1 Å². The first kappa shape index (κ1) is 20.8. The Balaban J connectivity index is 1.47. The zero-order valence-electron chi connectivity index (χ0n) is 16.8. The molecule has 2 aliphatic heterocycles. The molecule has 2 heterocycles. The number of alkyl halides is 2. The zero-order valence-corrected chi connectivity index (χ0v) is 17.5. The first-order chi connectivity index (χ1) is 14.4. The Kier molecular flexibility index (Phi) is 5.79. The van der Waals surface area contributed by atoms with Crippen LogP contribution in [-0.4, -0.2) is 35.8 Å². The van der Waals surface area contributed by atoms with Crippen LogP contribution >= 0.6 is 11.6 Å². The van der Waals surface area contributed by atoms with E-state index in [1.54, 1.807) is 29.2 Å².